The fourth-order valence-electron chi connectivity index (χ4n) is 3.01. The molecule has 2 aromatic carbocycles. The summed E-state index contributed by atoms with van der Waals surface area (Å²) < 4.78 is 34.1. The number of esters is 1. The number of carbonyl (C=O) groups is 1. The van der Waals surface area contributed by atoms with Gasteiger partial charge in [-0.05, 0) is 29.8 Å². The van der Waals surface area contributed by atoms with Gasteiger partial charge in [-0.3, -0.25) is 0 Å². The number of methoxy groups -OCH3 is 1. The predicted octanol–water partition coefficient (Wildman–Crippen LogP) is 4.73. The molecule has 0 spiro atoms. The summed E-state index contributed by atoms with van der Waals surface area (Å²) in [5.74, 6) is -1.72. The van der Waals surface area contributed by atoms with Gasteiger partial charge in [0.15, 0.2) is 0 Å². The van der Waals surface area contributed by atoms with Crippen LogP contribution in [0.2, 0.25) is 0 Å². The first-order valence-corrected chi connectivity index (χ1v) is 8.19. The van der Waals surface area contributed by atoms with Gasteiger partial charge < -0.3 is 9.14 Å². The average Bonchev–Trinajstić information content (AvgIpc) is 3.10. The van der Waals surface area contributed by atoms with Gasteiger partial charge in [-0.25, -0.2) is 18.6 Å². The number of ether oxygens (including phenoxy) is 1. The molecule has 0 aliphatic heterocycles. The second-order valence-corrected chi connectivity index (χ2v) is 5.97. The molecule has 0 aliphatic rings. The van der Waals surface area contributed by atoms with E-state index in [-0.39, 0.29) is 0 Å². The van der Waals surface area contributed by atoms with Crippen LogP contribution < -0.4 is 0 Å². The van der Waals surface area contributed by atoms with Crippen LogP contribution in [0, 0.1) is 11.6 Å². The first kappa shape index (κ1) is 16.9. The Morgan fingerprint density at radius 2 is 1.78 bits per heavy atom. The average molecular weight is 364 g/mol. The Hall–Kier alpha value is -3.54. The summed E-state index contributed by atoms with van der Waals surface area (Å²) in [5, 5.41) is 0. The Kier molecular flexibility index (Phi) is 4.16. The second-order valence-electron chi connectivity index (χ2n) is 5.97. The molecular formula is C21H14F2N2O2. The maximum Gasteiger partial charge on any atom is 0.338 e. The van der Waals surface area contributed by atoms with Crippen molar-refractivity contribution in [2.24, 2.45) is 0 Å². The van der Waals surface area contributed by atoms with E-state index in [2.05, 4.69) is 4.98 Å². The SMILES string of the molecule is COC(=O)c1ccn2cc(-c3ccccc3-c3ccc(F)cc3F)nc2c1. The number of imidazole rings is 1. The molecule has 0 fully saturated rings. The van der Waals surface area contributed by atoms with Gasteiger partial charge in [0.25, 0.3) is 0 Å². The van der Waals surface area contributed by atoms with Gasteiger partial charge in [0.05, 0.1) is 18.4 Å². The summed E-state index contributed by atoms with van der Waals surface area (Å²) in [5.41, 5.74) is 3.15. The van der Waals surface area contributed by atoms with E-state index >= 15 is 0 Å². The second kappa shape index (κ2) is 6.64. The van der Waals surface area contributed by atoms with Crippen LogP contribution in [0.5, 0.6) is 0 Å². The van der Waals surface area contributed by atoms with Crippen LogP contribution in [-0.4, -0.2) is 22.5 Å². The van der Waals surface area contributed by atoms with Gasteiger partial charge in [0.1, 0.15) is 17.3 Å². The highest BCUT2D eigenvalue weighted by Gasteiger charge is 2.15. The Labute approximate surface area is 153 Å². The molecule has 0 amide bonds. The molecule has 4 nitrogen and oxygen atoms in total. The number of hydrogen-bond donors (Lipinski definition) is 0. The summed E-state index contributed by atoms with van der Waals surface area (Å²) in [6.45, 7) is 0. The lowest BCUT2D eigenvalue weighted by molar-refractivity contribution is 0.0600. The number of pyridine rings is 1. The van der Waals surface area contributed by atoms with Crippen LogP contribution >= 0.6 is 0 Å². The third-order valence-electron chi connectivity index (χ3n) is 4.31. The van der Waals surface area contributed by atoms with Crippen molar-refractivity contribution < 1.29 is 18.3 Å². The highest BCUT2D eigenvalue weighted by atomic mass is 19.1. The van der Waals surface area contributed by atoms with E-state index in [1.807, 2.05) is 12.1 Å². The highest BCUT2D eigenvalue weighted by Crippen LogP contribution is 2.33. The highest BCUT2D eigenvalue weighted by molar-refractivity contribution is 5.90. The lowest BCUT2D eigenvalue weighted by Gasteiger charge is -2.08. The van der Waals surface area contributed by atoms with E-state index in [4.69, 9.17) is 4.74 Å². The molecule has 2 heterocycles. The third-order valence-corrected chi connectivity index (χ3v) is 4.31. The fourth-order valence-corrected chi connectivity index (χ4v) is 3.01. The van der Waals surface area contributed by atoms with Crippen molar-refractivity contribution in [1.29, 1.82) is 0 Å². The van der Waals surface area contributed by atoms with E-state index in [1.165, 1.54) is 19.2 Å². The lowest BCUT2D eigenvalue weighted by Crippen LogP contribution is -2.01. The topological polar surface area (TPSA) is 43.6 Å². The molecule has 0 bridgehead atoms. The molecule has 2 aromatic heterocycles. The zero-order valence-corrected chi connectivity index (χ0v) is 14.3. The first-order chi connectivity index (χ1) is 13.1. The summed E-state index contributed by atoms with van der Waals surface area (Å²) in [6, 6.07) is 13.9. The summed E-state index contributed by atoms with van der Waals surface area (Å²) in [7, 11) is 1.32. The largest absolute Gasteiger partial charge is 0.465 e. The Bertz CT molecular complexity index is 1170. The van der Waals surface area contributed by atoms with Crippen molar-refractivity contribution in [3.63, 3.8) is 0 Å². The minimum atomic E-state index is -0.640. The van der Waals surface area contributed by atoms with E-state index in [0.717, 1.165) is 6.07 Å². The summed E-state index contributed by atoms with van der Waals surface area (Å²) >= 11 is 0. The maximum atomic E-state index is 14.3. The molecule has 0 unspecified atom stereocenters. The minimum Gasteiger partial charge on any atom is -0.465 e. The van der Waals surface area contributed by atoms with Crippen LogP contribution in [0.3, 0.4) is 0 Å². The summed E-state index contributed by atoms with van der Waals surface area (Å²) in [4.78, 5) is 16.3. The number of aromatic nitrogens is 2. The van der Waals surface area contributed by atoms with Crippen LogP contribution in [0.4, 0.5) is 8.78 Å². The molecule has 4 rings (SSSR count). The van der Waals surface area contributed by atoms with Crippen LogP contribution in [0.1, 0.15) is 10.4 Å². The third kappa shape index (κ3) is 3.06. The number of carbonyl (C=O) groups excluding carboxylic acids is 1. The first-order valence-electron chi connectivity index (χ1n) is 8.19. The maximum absolute atomic E-state index is 14.3. The molecule has 134 valence electrons. The van der Waals surface area contributed by atoms with Gasteiger partial charge in [0.2, 0.25) is 0 Å². The molecule has 0 aliphatic carbocycles. The molecule has 27 heavy (non-hydrogen) atoms. The summed E-state index contributed by atoms with van der Waals surface area (Å²) in [6.07, 6.45) is 3.50. The Morgan fingerprint density at radius 1 is 1.00 bits per heavy atom. The van der Waals surface area contributed by atoms with E-state index in [9.17, 15) is 13.6 Å². The smallest absolute Gasteiger partial charge is 0.338 e. The van der Waals surface area contributed by atoms with Crippen molar-refractivity contribution in [2.75, 3.05) is 7.11 Å². The lowest BCUT2D eigenvalue weighted by atomic mass is 9.97. The quantitative estimate of drug-likeness (QED) is 0.494. The van der Waals surface area contributed by atoms with Crippen molar-refractivity contribution in [3.8, 4) is 22.4 Å². The molecule has 0 radical (unpaired) electrons. The molecule has 0 N–H and O–H groups in total. The zero-order chi connectivity index (χ0) is 19.0. The van der Waals surface area contributed by atoms with Crippen molar-refractivity contribution >= 4 is 11.6 Å². The fraction of sp³-hybridized carbons (Fsp3) is 0.0476. The molecule has 0 saturated carbocycles. The Balaban J connectivity index is 1.86. The van der Waals surface area contributed by atoms with E-state index < -0.39 is 17.6 Å². The number of rotatable bonds is 3. The number of halogens is 2. The molecular weight excluding hydrogens is 350 g/mol. The van der Waals surface area contributed by atoms with Gasteiger partial charge >= 0.3 is 5.97 Å². The van der Waals surface area contributed by atoms with Gasteiger partial charge in [-0.1, -0.05) is 24.3 Å². The molecule has 0 saturated heterocycles. The molecule has 0 atom stereocenters. The van der Waals surface area contributed by atoms with Gasteiger partial charge in [-0.15, -0.1) is 0 Å². The van der Waals surface area contributed by atoms with Crippen molar-refractivity contribution in [1.82, 2.24) is 9.38 Å². The van der Waals surface area contributed by atoms with E-state index in [1.54, 1.807) is 41.1 Å². The van der Waals surface area contributed by atoms with Crippen molar-refractivity contribution in [3.05, 3.63) is 84.2 Å². The Morgan fingerprint density at radius 3 is 2.52 bits per heavy atom. The van der Waals surface area contributed by atoms with Crippen LogP contribution in [0.15, 0.2) is 67.0 Å². The van der Waals surface area contributed by atoms with E-state index in [0.29, 0.717) is 33.6 Å². The standard InChI is InChI=1S/C21H14F2N2O2/c1-27-21(26)13-8-9-25-12-19(24-20(25)10-13)17-5-3-2-4-15(17)16-7-6-14(22)11-18(16)23/h2-12H,1H3. The van der Waals surface area contributed by atoms with Gasteiger partial charge in [0, 0.05) is 29.6 Å². The minimum absolute atomic E-state index is 0.291. The van der Waals surface area contributed by atoms with Crippen LogP contribution in [-0.2, 0) is 4.74 Å². The normalized spacial score (nSPS) is 10.9. The number of nitrogens with zero attached hydrogens (tertiary/aromatic N) is 2. The predicted molar refractivity (Wildman–Crippen MR) is 97.3 cm³/mol. The van der Waals surface area contributed by atoms with Gasteiger partial charge in [-0.2, -0.15) is 0 Å². The number of fused-ring (bicyclic) bond motifs is 1. The van der Waals surface area contributed by atoms with Crippen molar-refractivity contribution in [2.45, 2.75) is 0 Å². The number of benzene rings is 2. The molecule has 6 heteroatoms. The molecule has 4 aromatic rings. The monoisotopic (exact) mass is 364 g/mol. The number of hydrogen-bond acceptors (Lipinski definition) is 3. The van der Waals surface area contributed by atoms with Crippen LogP contribution in [0.25, 0.3) is 28.0 Å². The zero-order valence-electron chi connectivity index (χ0n) is 14.3.